The third-order valence-electron chi connectivity index (χ3n) is 6.03. The Kier molecular flexibility index (Phi) is 6.92. The predicted octanol–water partition coefficient (Wildman–Crippen LogP) is 3.63. The molecule has 2 heterocycles. The molecule has 4 atom stereocenters. The van der Waals surface area contributed by atoms with Crippen LogP contribution in [0.1, 0.15) is 20.8 Å². The molecule has 1 aliphatic carbocycles. The van der Waals surface area contributed by atoms with Gasteiger partial charge in [-0.05, 0) is 20.8 Å². The number of cyclic esters (lactones) is 1. The summed E-state index contributed by atoms with van der Waals surface area (Å²) in [6.45, 7) is 6.84. The second kappa shape index (κ2) is 9.27. The van der Waals surface area contributed by atoms with Gasteiger partial charge in [-0.1, -0.05) is 0 Å². The third kappa shape index (κ3) is 5.28. The van der Waals surface area contributed by atoms with Crippen molar-refractivity contribution in [3.05, 3.63) is 24.0 Å². The molecule has 7 nitrogen and oxygen atoms in total. The summed E-state index contributed by atoms with van der Waals surface area (Å²) in [6.07, 6.45) is -0.572. The molecule has 1 amide bonds. The zero-order chi connectivity index (χ0) is 24.1. The van der Waals surface area contributed by atoms with Gasteiger partial charge in [0.1, 0.15) is 5.60 Å². The number of hydrogen-bond acceptors (Lipinski definition) is 6. The first-order chi connectivity index (χ1) is 15.5. The van der Waals surface area contributed by atoms with Crippen molar-refractivity contribution in [3.63, 3.8) is 0 Å². The Morgan fingerprint density at radius 1 is 1.27 bits per heavy atom. The Morgan fingerprint density at radius 2 is 1.94 bits per heavy atom. The van der Waals surface area contributed by atoms with Crippen LogP contribution in [0.2, 0.25) is 5.21 Å². The van der Waals surface area contributed by atoms with E-state index < -0.39 is 38.1 Å². The van der Waals surface area contributed by atoms with Crippen molar-refractivity contribution in [2.75, 3.05) is 29.5 Å². The zero-order valence-electron chi connectivity index (χ0n) is 18.5. The molecule has 1 radical (unpaired) electrons. The number of anilines is 2. The molecule has 33 heavy (non-hydrogen) atoms. The summed E-state index contributed by atoms with van der Waals surface area (Å²) >= 11 is 10.4. The number of halogens is 3. The molecule has 0 bridgehead atoms. The van der Waals surface area contributed by atoms with Gasteiger partial charge in [0.2, 0.25) is 0 Å². The molecule has 0 N–H and O–H groups in total. The van der Waals surface area contributed by atoms with E-state index in [0.717, 1.165) is 0 Å². The van der Waals surface area contributed by atoms with E-state index in [1.165, 1.54) is 11.0 Å². The van der Waals surface area contributed by atoms with E-state index in [1.807, 2.05) is 25.7 Å². The molecule has 179 valence electrons. The average Bonchev–Trinajstić information content (AvgIpc) is 3.02. The van der Waals surface area contributed by atoms with Crippen LogP contribution in [0.5, 0.6) is 0 Å². The second-order valence-electron chi connectivity index (χ2n) is 9.51. The summed E-state index contributed by atoms with van der Waals surface area (Å²) in [5, 5.41) is 0.405. The number of carbonyl (C=O) groups excluding carboxylic acids is 3. The fourth-order valence-corrected chi connectivity index (χ4v) is 6.91. The van der Waals surface area contributed by atoms with Crippen molar-refractivity contribution in [1.82, 2.24) is 0 Å². The monoisotopic (exact) mass is 561 g/mol. The molecule has 1 saturated carbocycles. The van der Waals surface area contributed by atoms with Gasteiger partial charge >= 0.3 is 173 Å². The Morgan fingerprint density at radius 3 is 2.52 bits per heavy atom. The van der Waals surface area contributed by atoms with Gasteiger partial charge in [0.25, 0.3) is 0 Å². The normalized spacial score (nSPS) is 26.8. The zero-order valence-corrected chi connectivity index (χ0v) is 21.9. The van der Waals surface area contributed by atoms with Crippen molar-refractivity contribution in [3.8, 4) is 0 Å². The molecule has 3 fully saturated rings. The van der Waals surface area contributed by atoms with Crippen LogP contribution < -0.4 is 9.80 Å². The van der Waals surface area contributed by atoms with Crippen molar-refractivity contribution in [2.45, 2.75) is 42.5 Å². The standard InChI is InChI=1S/C22H25AsCl2FN2O5/c1-22(2,3)33-20(30)17-13-8-27(9-14(13)17)16-5-4-11(6-15(16)26)28-12(10-32-21(28)31)7-23-18(29)19(24)25/h4-6,12-14,17,19H,7-10H2,1-3H3/t12?,13-,14+,17?. The topological polar surface area (TPSA) is 76.2 Å². The minimum atomic E-state index is -1.07. The molecular weight excluding hydrogens is 537 g/mol. The van der Waals surface area contributed by atoms with E-state index >= 15 is 4.39 Å². The van der Waals surface area contributed by atoms with Gasteiger partial charge in [-0.15, -0.1) is 0 Å². The fraction of sp³-hybridized carbons (Fsp3) is 0.591. The number of esters is 1. The summed E-state index contributed by atoms with van der Waals surface area (Å²) < 4.78 is 25.4. The van der Waals surface area contributed by atoms with Crippen LogP contribution in [-0.2, 0) is 19.1 Å². The van der Waals surface area contributed by atoms with Crippen molar-refractivity contribution in [1.29, 1.82) is 0 Å². The van der Waals surface area contributed by atoms with E-state index in [2.05, 4.69) is 0 Å². The van der Waals surface area contributed by atoms with Gasteiger partial charge in [-0.25, -0.2) is 0 Å². The minimum absolute atomic E-state index is 0.117. The first-order valence-electron chi connectivity index (χ1n) is 10.7. The molecule has 3 aliphatic rings. The summed E-state index contributed by atoms with van der Waals surface area (Å²) in [5.74, 6) is -0.404. The molecule has 2 saturated heterocycles. The van der Waals surface area contributed by atoms with Crippen LogP contribution in [0.15, 0.2) is 18.2 Å². The van der Waals surface area contributed by atoms with Gasteiger partial charge in [-0.3, -0.25) is 4.79 Å². The third-order valence-corrected chi connectivity index (χ3v) is 9.55. The van der Waals surface area contributed by atoms with Gasteiger partial charge in [0.15, 0.2) is 0 Å². The summed E-state index contributed by atoms with van der Waals surface area (Å²) in [5.41, 5.74) is 0.294. The number of carbonyl (C=O) groups is 3. The Labute approximate surface area is 208 Å². The number of benzene rings is 1. The van der Waals surface area contributed by atoms with Crippen LogP contribution in [0.3, 0.4) is 0 Å². The Balaban J connectivity index is 1.39. The van der Waals surface area contributed by atoms with Crippen LogP contribution in [0.25, 0.3) is 0 Å². The molecule has 2 unspecified atom stereocenters. The molecular formula is C22H25AsCl2FN2O5. The molecule has 2 aliphatic heterocycles. The van der Waals surface area contributed by atoms with Gasteiger partial charge in [0, 0.05) is 0 Å². The molecule has 4 rings (SSSR count). The molecule has 0 aromatic heterocycles. The number of fused-ring (bicyclic) bond motifs is 1. The van der Waals surface area contributed by atoms with Crippen molar-refractivity contribution < 1.29 is 28.2 Å². The first-order valence-corrected chi connectivity index (χ1v) is 13.8. The molecule has 1 aromatic carbocycles. The molecule has 1 aromatic rings. The van der Waals surface area contributed by atoms with Gasteiger partial charge in [-0.2, -0.15) is 0 Å². The van der Waals surface area contributed by atoms with E-state index in [9.17, 15) is 14.4 Å². The predicted molar refractivity (Wildman–Crippen MR) is 124 cm³/mol. The average molecular weight is 562 g/mol. The first kappa shape index (κ1) is 24.6. The second-order valence-corrected chi connectivity index (χ2v) is 13.0. The number of amides is 1. The number of hydrogen-bond donors (Lipinski definition) is 0. The summed E-state index contributed by atoms with van der Waals surface area (Å²) in [6, 6.07) is 4.27. The Hall–Kier alpha value is -1.50. The van der Waals surface area contributed by atoms with E-state index in [-0.39, 0.29) is 40.9 Å². The van der Waals surface area contributed by atoms with E-state index in [0.29, 0.717) is 29.7 Å². The van der Waals surface area contributed by atoms with Crippen LogP contribution in [0, 0.1) is 23.6 Å². The maximum atomic E-state index is 15.1. The van der Waals surface area contributed by atoms with Crippen LogP contribution in [-0.4, -0.2) is 68.6 Å². The number of ether oxygens (including phenoxy) is 2. The van der Waals surface area contributed by atoms with Crippen molar-refractivity contribution >= 4 is 67.0 Å². The summed E-state index contributed by atoms with van der Waals surface area (Å²) in [7, 11) is 0. The quantitative estimate of drug-likeness (QED) is 0.287. The molecule has 11 heteroatoms. The van der Waals surface area contributed by atoms with Gasteiger partial charge in [0.05, 0.1) is 0 Å². The van der Waals surface area contributed by atoms with Gasteiger partial charge < -0.3 is 4.74 Å². The van der Waals surface area contributed by atoms with Crippen LogP contribution >= 0.6 is 23.2 Å². The van der Waals surface area contributed by atoms with Crippen LogP contribution in [0.4, 0.5) is 20.6 Å². The Bertz CT molecular complexity index is 961. The van der Waals surface area contributed by atoms with E-state index in [1.54, 1.807) is 12.1 Å². The fourth-order valence-electron chi connectivity index (χ4n) is 4.52. The maximum absolute atomic E-state index is 15.1. The number of nitrogens with zero attached hydrogens (tertiary/aromatic N) is 2. The number of piperidine rings is 1. The SMILES string of the molecule is CC(C)(C)OC(=O)C1[C@H]2CN(c3ccc(N4C(=O)OCC4C[As]C(=O)C(Cl)Cl)cc3F)C[C@@H]12. The number of rotatable bonds is 7. The van der Waals surface area contributed by atoms with Crippen molar-refractivity contribution in [2.24, 2.45) is 17.8 Å². The molecule has 0 spiro atoms. The summed E-state index contributed by atoms with van der Waals surface area (Å²) in [4.78, 5) is 38.6. The van der Waals surface area contributed by atoms with E-state index in [4.69, 9.17) is 32.7 Å². The number of alkyl halides is 2.